The fourth-order valence-electron chi connectivity index (χ4n) is 0.697. The summed E-state index contributed by atoms with van der Waals surface area (Å²) >= 11 is 0. The highest BCUT2D eigenvalue weighted by atomic mass is 19.2. The smallest absolute Gasteiger partial charge is 0.338 e. The third-order valence-electron chi connectivity index (χ3n) is 1.28. The first-order valence-corrected chi connectivity index (χ1v) is 2.92. The number of halogens is 2. The predicted octanol–water partition coefficient (Wildman–Crippen LogP) is 0.737. The van der Waals surface area contributed by atoms with Crippen molar-refractivity contribution in [2.24, 2.45) is 0 Å². The maximum absolute atomic E-state index is 12.6. The normalized spacial score (nSPS) is 9.83. The van der Waals surface area contributed by atoms with Crippen LogP contribution in [0.1, 0.15) is 10.4 Å². The molecule has 1 aromatic carbocycles. The predicted molar refractivity (Wildman–Crippen MR) is 32.8 cm³/mol. The van der Waals surface area contributed by atoms with Crippen molar-refractivity contribution in [1.82, 2.24) is 0 Å². The van der Waals surface area contributed by atoms with Gasteiger partial charge in [-0.2, -0.15) is 0 Å². The van der Waals surface area contributed by atoms with Gasteiger partial charge in [0.15, 0.2) is 11.6 Å². The molecule has 0 atom stereocenters. The molecule has 1 rings (SSSR count). The van der Waals surface area contributed by atoms with E-state index in [-0.39, 0.29) is 0 Å². The molecule has 12 heavy (non-hydrogen) atoms. The van der Waals surface area contributed by atoms with Crippen LogP contribution in [0.2, 0.25) is 0 Å². The summed E-state index contributed by atoms with van der Waals surface area (Å²) in [6.45, 7) is 0. The van der Waals surface area contributed by atoms with E-state index in [2.05, 4.69) is 0 Å². The topological polar surface area (TPSA) is 60.4 Å². The summed E-state index contributed by atoms with van der Waals surface area (Å²) < 4.78 is 25.0. The first kappa shape index (κ1) is 8.45. The maximum Gasteiger partial charge on any atom is 0.338 e. The highest BCUT2D eigenvalue weighted by molar-refractivity contribution is 5.88. The Hall–Kier alpha value is -1.65. The average Bonchev–Trinajstić information content (AvgIpc) is 2.00. The van der Waals surface area contributed by atoms with E-state index in [0.717, 1.165) is 6.07 Å². The summed E-state index contributed by atoms with van der Waals surface area (Å²) in [4.78, 5) is 10.2. The number of aromatic carboxylic acids is 1. The van der Waals surface area contributed by atoms with Gasteiger partial charge < -0.3 is 10.2 Å². The molecule has 0 fully saturated rings. The van der Waals surface area contributed by atoms with Crippen LogP contribution >= 0.6 is 0 Å². The molecule has 0 spiro atoms. The fourth-order valence-corrected chi connectivity index (χ4v) is 0.697. The third kappa shape index (κ3) is 1.20. The quantitative estimate of drug-likeness (QED) is 0.681. The van der Waals surface area contributed by atoms with Gasteiger partial charge in [-0.05, 0) is 6.07 Å². The van der Waals surface area contributed by atoms with E-state index in [1.165, 1.54) is 0 Å². The second-order valence-corrected chi connectivity index (χ2v) is 2.04. The summed E-state index contributed by atoms with van der Waals surface area (Å²) in [5.74, 6) is -6.03. The third-order valence-corrected chi connectivity index (χ3v) is 1.28. The van der Waals surface area contributed by atoms with Crippen LogP contribution in [0.5, 0.6) is 5.75 Å². The maximum atomic E-state index is 12.6. The number of rotatable bonds is 1. The van der Waals surface area contributed by atoms with Gasteiger partial charge >= 0.3 is 5.97 Å². The first-order chi connectivity index (χ1) is 5.54. The highest BCUT2D eigenvalue weighted by Crippen LogP contribution is 2.18. The van der Waals surface area contributed by atoms with Crippen LogP contribution in [-0.2, 0) is 0 Å². The van der Waals surface area contributed by atoms with E-state index in [0.29, 0.717) is 6.07 Å². The number of carbonyl (C=O) groups is 1. The van der Waals surface area contributed by atoms with Crippen molar-refractivity contribution >= 4 is 5.97 Å². The number of carboxylic acids is 1. The molecule has 5 heteroatoms. The molecule has 0 aliphatic carbocycles. The molecular formula is C7H3F2O3-. The van der Waals surface area contributed by atoms with Crippen LogP contribution in [0.4, 0.5) is 8.78 Å². The van der Waals surface area contributed by atoms with Crippen molar-refractivity contribution in [2.75, 3.05) is 0 Å². The van der Waals surface area contributed by atoms with E-state index in [4.69, 9.17) is 5.11 Å². The number of carboxylic acid groups (broad SMARTS) is 1. The Morgan fingerprint density at radius 3 is 2.42 bits per heavy atom. The fraction of sp³-hybridized carbons (Fsp3) is 0. The largest absolute Gasteiger partial charge is 0.870 e. The Morgan fingerprint density at radius 1 is 1.33 bits per heavy atom. The summed E-state index contributed by atoms with van der Waals surface area (Å²) in [6, 6.07) is 1.39. The highest BCUT2D eigenvalue weighted by Gasteiger charge is 2.13. The van der Waals surface area contributed by atoms with E-state index in [1.54, 1.807) is 0 Å². The summed E-state index contributed by atoms with van der Waals surface area (Å²) in [5.41, 5.74) is -0.841. The standard InChI is InChI=1S/C7H4F2O3/c8-5-3(7(11)12)1-2-4(10)6(5)9/h1-2,10H,(H,11,12)/p-1. The molecule has 0 unspecified atom stereocenters. The van der Waals surface area contributed by atoms with E-state index in [9.17, 15) is 18.7 Å². The van der Waals surface area contributed by atoms with Gasteiger partial charge in [0.1, 0.15) is 0 Å². The van der Waals surface area contributed by atoms with Crippen LogP contribution in [0.15, 0.2) is 12.1 Å². The molecule has 64 valence electrons. The molecular weight excluding hydrogens is 170 g/mol. The molecule has 0 saturated heterocycles. The van der Waals surface area contributed by atoms with Crippen molar-refractivity contribution in [3.8, 4) is 5.75 Å². The van der Waals surface area contributed by atoms with Crippen LogP contribution in [-0.4, -0.2) is 11.1 Å². The van der Waals surface area contributed by atoms with Gasteiger partial charge in [-0.15, -0.1) is 0 Å². The Bertz CT molecular complexity index is 336. The summed E-state index contributed by atoms with van der Waals surface area (Å²) in [7, 11) is 0. The molecule has 0 bridgehead atoms. The molecule has 3 nitrogen and oxygen atoms in total. The van der Waals surface area contributed by atoms with Gasteiger partial charge in [-0.25, -0.2) is 13.6 Å². The first-order valence-electron chi connectivity index (χ1n) is 2.92. The molecule has 1 N–H and O–H groups in total. The van der Waals surface area contributed by atoms with Gasteiger partial charge in [-0.1, -0.05) is 11.8 Å². The van der Waals surface area contributed by atoms with Gasteiger partial charge in [0.2, 0.25) is 0 Å². The zero-order valence-corrected chi connectivity index (χ0v) is 5.67. The molecule has 0 amide bonds. The lowest BCUT2D eigenvalue weighted by molar-refractivity contribution is -0.272. The number of hydrogen-bond acceptors (Lipinski definition) is 2. The Morgan fingerprint density at radius 2 is 1.92 bits per heavy atom. The monoisotopic (exact) mass is 173 g/mol. The van der Waals surface area contributed by atoms with Crippen molar-refractivity contribution in [3.63, 3.8) is 0 Å². The molecule has 0 aliphatic rings. The Labute approximate surface area is 65.9 Å². The van der Waals surface area contributed by atoms with Crippen molar-refractivity contribution < 1.29 is 23.8 Å². The lowest BCUT2D eigenvalue weighted by atomic mass is 10.2. The molecule has 0 heterocycles. The molecule has 0 saturated carbocycles. The summed E-state index contributed by atoms with van der Waals surface area (Å²) in [5, 5.41) is 18.7. The van der Waals surface area contributed by atoms with Gasteiger partial charge in [0.25, 0.3) is 0 Å². The number of hydrogen-bond donors (Lipinski definition) is 1. The lowest BCUT2D eigenvalue weighted by Crippen LogP contribution is -2.05. The lowest BCUT2D eigenvalue weighted by Gasteiger charge is -2.07. The Kier molecular flexibility index (Phi) is 1.95. The second-order valence-electron chi connectivity index (χ2n) is 2.04. The van der Waals surface area contributed by atoms with Crippen LogP contribution in [0.3, 0.4) is 0 Å². The van der Waals surface area contributed by atoms with Gasteiger partial charge in [0.05, 0.1) is 5.56 Å². The van der Waals surface area contributed by atoms with Gasteiger partial charge in [0, 0.05) is 0 Å². The minimum absolute atomic E-state index is 0.669. The van der Waals surface area contributed by atoms with Crippen molar-refractivity contribution in [2.45, 2.75) is 0 Å². The second kappa shape index (κ2) is 2.77. The van der Waals surface area contributed by atoms with Crippen molar-refractivity contribution in [1.29, 1.82) is 0 Å². The number of benzene rings is 1. The molecule has 0 aliphatic heterocycles. The zero-order valence-electron chi connectivity index (χ0n) is 5.67. The van der Waals surface area contributed by atoms with E-state index >= 15 is 0 Å². The SMILES string of the molecule is O=C(O)c1ccc([O-])c(F)c1F. The molecule has 1 aromatic rings. The van der Waals surface area contributed by atoms with E-state index in [1.807, 2.05) is 0 Å². The van der Waals surface area contributed by atoms with Crippen LogP contribution in [0, 0.1) is 11.6 Å². The Balaban J connectivity index is 3.36. The average molecular weight is 173 g/mol. The van der Waals surface area contributed by atoms with E-state index < -0.39 is 28.9 Å². The van der Waals surface area contributed by atoms with Crippen LogP contribution in [0.25, 0.3) is 0 Å². The molecule has 0 radical (unpaired) electrons. The summed E-state index contributed by atoms with van der Waals surface area (Å²) in [6.07, 6.45) is 0. The molecule has 0 aromatic heterocycles. The van der Waals surface area contributed by atoms with Crippen molar-refractivity contribution in [3.05, 3.63) is 29.3 Å². The zero-order chi connectivity index (χ0) is 9.30. The van der Waals surface area contributed by atoms with Gasteiger partial charge in [-0.3, -0.25) is 0 Å². The minimum Gasteiger partial charge on any atom is -0.870 e. The van der Waals surface area contributed by atoms with Crippen LogP contribution < -0.4 is 5.11 Å². The minimum atomic E-state index is -1.66.